The molecule has 3 nitrogen and oxygen atoms in total. The van der Waals surface area contributed by atoms with Gasteiger partial charge in [-0.25, -0.2) is 0 Å². The number of ether oxygens (including phenoxy) is 1. The molecule has 35 heavy (non-hydrogen) atoms. The van der Waals surface area contributed by atoms with Gasteiger partial charge in [0.2, 0.25) is 0 Å². The number of fused-ring (bicyclic) bond motifs is 2. The van der Waals surface area contributed by atoms with Crippen molar-refractivity contribution in [2.24, 2.45) is 5.92 Å². The maximum atomic E-state index is 10.6. The molecule has 2 aliphatic heterocycles. The van der Waals surface area contributed by atoms with Crippen molar-refractivity contribution in [1.29, 1.82) is 5.26 Å². The third-order valence-electron chi connectivity index (χ3n) is 8.62. The van der Waals surface area contributed by atoms with E-state index in [0.29, 0.717) is 18.0 Å². The van der Waals surface area contributed by atoms with E-state index < -0.39 is 5.41 Å². The van der Waals surface area contributed by atoms with Crippen molar-refractivity contribution in [3.63, 3.8) is 0 Å². The fourth-order valence-electron chi connectivity index (χ4n) is 6.72. The Bertz CT molecular complexity index is 1060. The molecule has 0 N–H and O–H groups in total. The van der Waals surface area contributed by atoms with Crippen LogP contribution in [0.25, 0.3) is 0 Å². The van der Waals surface area contributed by atoms with Crippen molar-refractivity contribution in [1.82, 2.24) is 0 Å². The molecule has 3 aromatic carbocycles. The first-order valence-corrected chi connectivity index (χ1v) is 12.7. The maximum absolute atomic E-state index is 10.6. The van der Waals surface area contributed by atoms with Crippen LogP contribution in [0.1, 0.15) is 43.2 Å². The van der Waals surface area contributed by atoms with Crippen LogP contribution in [0.15, 0.2) is 91.0 Å². The molecule has 0 aromatic heterocycles. The molecule has 2 bridgehead atoms. The van der Waals surface area contributed by atoms with Crippen molar-refractivity contribution in [3.8, 4) is 11.8 Å². The molecule has 2 atom stereocenters. The van der Waals surface area contributed by atoms with Crippen molar-refractivity contribution < 1.29 is 26.2 Å². The Morgan fingerprint density at radius 3 is 1.80 bits per heavy atom. The highest BCUT2D eigenvalue weighted by atomic mass is 79.9. The minimum absolute atomic E-state index is 0. The van der Waals surface area contributed by atoms with Gasteiger partial charge in [0.05, 0.1) is 25.2 Å². The van der Waals surface area contributed by atoms with Crippen molar-refractivity contribution in [2.75, 3.05) is 20.2 Å². The fraction of sp³-hybridized carbons (Fsp3) is 0.387. The van der Waals surface area contributed by atoms with E-state index in [4.69, 9.17) is 4.74 Å². The Hall–Kier alpha value is -2.61. The van der Waals surface area contributed by atoms with E-state index in [1.807, 2.05) is 42.5 Å². The van der Waals surface area contributed by atoms with Gasteiger partial charge in [-0.2, -0.15) is 5.26 Å². The highest BCUT2D eigenvalue weighted by Crippen LogP contribution is 2.48. The predicted molar refractivity (Wildman–Crippen MR) is 136 cm³/mol. The summed E-state index contributed by atoms with van der Waals surface area (Å²) in [6, 6.07) is 35.1. The second-order valence-electron chi connectivity index (χ2n) is 10.4. The van der Waals surface area contributed by atoms with Gasteiger partial charge in [-0.3, -0.25) is 0 Å². The Balaban J connectivity index is 0.00000289. The molecular weight excluding hydrogens is 496 g/mol. The minimum atomic E-state index is -0.593. The molecule has 2 unspecified atom stereocenters. The lowest BCUT2D eigenvalue weighted by molar-refractivity contribution is -0.949. The standard InChI is InChI=1S/C31H35N2O.BrH/c1-33(19-20-34-30-15-9-4-10-16-30)28-17-18-29(33)22-25(21-28)23-31(24-32,26-11-5-2-6-12-26)27-13-7-3-8-14-27;/h2-16,25,28-29H,17-23H2,1H3;1H/q+1;/p-1. The molecular formula is C31H35BrN2O. The second kappa shape index (κ2) is 11.0. The molecule has 5 rings (SSSR count). The van der Waals surface area contributed by atoms with Gasteiger partial charge in [0, 0.05) is 25.7 Å². The molecule has 0 radical (unpaired) electrons. The number of hydrogen-bond acceptors (Lipinski definition) is 2. The first kappa shape index (κ1) is 25.5. The lowest BCUT2D eigenvalue weighted by Gasteiger charge is -2.48. The van der Waals surface area contributed by atoms with Crippen LogP contribution >= 0.6 is 0 Å². The first-order valence-electron chi connectivity index (χ1n) is 12.7. The van der Waals surface area contributed by atoms with E-state index in [-0.39, 0.29) is 17.0 Å². The van der Waals surface area contributed by atoms with Crippen molar-refractivity contribution >= 4 is 0 Å². The van der Waals surface area contributed by atoms with Crippen LogP contribution in [0.4, 0.5) is 0 Å². The minimum Gasteiger partial charge on any atom is -1.00 e. The third kappa shape index (κ3) is 5.03. The third-order valence-corrected chi connectivity index (χ3v) is 8.62. The van der Waals surface area contributed by atoms with Crippen LogP contribution in [-0.4, -0.2) is 36.8 Å². The molecule has 4 heteroatoms. The lowest BCUT2D eigenvalue weighted by Crippen LogP contribution is -3.00. The molecule has 3 aromatic rings. The highest BCUT2D eigenvalue weighted by molar-refractivity contribution is 5.46. The maximum Gasteiger partial charge on any atom is 0.137 e. The Morgan fingerprint density at radius 2 is 1.31 bits per heavy atom. The number of halogens is 1. The molecule has 0 saturated carbocycles. The summed E-state index contributed by atoms with van der Waals surface area (Å²) >= 11 is 0. The summed E-state index contributed by atoms with van der Waals surface area (Å²) in [6.45, 7) is 1.81. The zero-order chi connectivity index (χ0) is 23.4. The quantitative estimate of drug-likeness (QED) is 0.418. The molecule has 2 fully saturated rings. The van der Waals surface area contributed by atoms with E-state index in [1.54, 1.807) is 0 Å². The number of para-hydroxylation sites is 1. The molecule has 0 spiro atoms. The fourth-order valence-corrected chi connectivity index (χ4v) is 6.72. The van der Waals surface area contributed by atoms with Crippen LogP contribution in [0.3, 0.4) is 0 Å². The number of likely N-dealkylation sites (N-methyl/N-ethyl adjacent to an activating group) is 1. The van der Waals surface area contributed by atoms with Gasteiger partial charge in [0.15, 0.2) is 0 Å². The number of rotatable bonds is 8. The number of nitriles is 1. The summed E-state index contributed by atoms with van der Waals surface area (Å²) in [5.41, 5.74) is 1.65. The summed E-state index contributed by atoms with van der Waals surface area (Å²) in [5.74, 6) is 1.51. The van der Waals surface area contributed by atoms with E-state index in [1.165, 1.54) is 25.7 Å². The number of nitrogens with zero attached hydrogens (tertiary/aromatic N) is 2. The smallest absolute Gasteiger partial charge is 0.137 e. The van der Waals surface area contributed by atoms with Crippen LogP contribution in [0, 0.1) is 17.2 Å². The average molecular weight is 532 g/mol. The molecule has 182 valence electrons. The van der Waals surface area contributed by atoms with E-state index in [2.05, 4.69) is 61.6 Å². The Morgan fingerprint density at radius 1 is 0.829 bits per heavy atom. The Labute approximate surface area is 220 Å². The van der Waals surface area contributed by atoms with Gasteiger partial charge in [-0.05, 0) is 35.6 Å². The summed E-state index contributed by atoms with van der Waals surface area (Å²) in [7, 11) is 2.44. The monoisotopic (exact) mass is 530 g/mol. The highest BCUT2D eigenvalue weighted by Gasteiger charge is 2.52. The molecule has 0 amide bonds. The van der Waals surface area contributed by atoms with Gasteiger partial charge in [0.25, 0.3) is 0 Å². The van der Waals surface area contributed by atoms with Crippen molar-refractivity contribution in [3.05, 3.63) is 102 Å². The summed E-state index contributed by atoms with van der Waals surface area (Å²) in [4.78, 5) is 0. The molecule has 2 heterocycles. The number of piperidine rings is 1. The average Bonchev–Trinajstić information content (AvgIpc) is 3.05. The van der Waals surface area contributed by atoms with Crippen LogP contribution in [0.5, 0.6) is 5.75 Å². The van der Waals surface area contributed by atoms with E-state index in [9.17, 15) is 5.26 Å². The zero-order valence-corrected chi connectivity index (χ0v) is 22.1. The number of quaternary nitrogens is 1. The van der Waals surface area contributed by atoms with Crippen LogP contribution in [-0.2, 0) is 5.41 Å². The molecule has 2 saturated heterocycles. The van der Waals surface area contributed by atoms with Gasteiger partial charge in [-0.15, -0.1) is 0 Å². The Kier molecular flexibility index (Phi) is 7.99. The van der Waals surface area contributed by atoms with Crippen LogP contribution < -0.4 is 21.7 Å². The number of hydrogen-bond donors (Lipinski definition) is 0. The summed E-state index contributed by atoms with van der Waals surface area (Å²) in [6.07, 6.45) is 5.87. The summed E-state index contributed by atoms with van der Waals surface area (Å²) in [5, 5.41) is 10.6. The van der Waals surface area contributed by atoms with Crippen LogP contribution in [0.2, 0.25) is 0 Å². The number of benzene rings is 3. The topological polar surface area (TPSA) is 33.0 Å². The molecule has 2 aliphatic rings. The summed E-state index contributed by atoms with van der Waals surface area (Å²) < 4.78 is 7.20. The lowest BCUT2D eigenvalue weighted by atomic mass is 9.67. The van der Waals surface area contributed by atoms with Gasteiger partial charge in [0.1, 0.15) is 24.3 Å². The second-order valence-corrected chi connectivity index (χ2v) is 10.4. The largest absolute Gasteiger partial charge is 1.00 e. The SMILES string of the molecule is C[N+]1(CCOc2ccccc2)C2CCC1CC(CC(C#N)(c1ccccc1)c1ccccc1)C2.[Br-]. The first-order chi connectivity index (χ1) is 16.6. The normalized spacial score (nSPS) is 25.3. The van der Waals surface area contributed by atoms with Gasteiger partial charge in [-0.1, -0.05) is 78.9 Å². The van der Waals surface area contributed by atoms with Gasteiger partial charge < -0.3 is 26.2 Å². The molecule has 0 aliphatic carbocycles. The van der Waals surface area contributed by atoms with Crippen molar-refractivity contribution in [2.45, 2.75) is 49.6 Å². The van der Waals surface area contributed by atoms with Gasteiger partial charge >= 0.3 is 0 Å². The zero-order valence-electron chi connectivity index (χ0n) is 20.5. The van der Waals surface area contributed by atoms with E-state index >= 15 is 0 Å². The van der Waals surface area contributed by atoms with E-state index in [0.717, 1.165) is 40.9 Å². The predicted octanol–water partition coefficient (Wildman–Crippen LogP) is 3.36.